The van der Waals surface area contributed by atoms with Crippen LogP contribution in [-0.2, 0) is 32.0 Å². The maximum absolute atomic E-state index is 13.7. The minimum atomic E-state index is -0.761. The van der Waals surface area contributed by atoms with Crippen LogP contribution in [0.15, 0.2) is 36.4 Å². The number of carbonyl (C=O) groups is 3. The number of nitrogens with one attached hydrogen (secondary N) is 2. The molecule has 0 saturated heterocycles. The summed E-state index contributed by atoms with van der Waals surface area (Å²) in [6.07, 6.45) is 3.83. The average molecular weight is 834 g/mol. The number of phenols is 1. The van der Waals surface area contributed by atoms with Crippen LogP contribution in [0.5, 0.6) is 11.5 Å². The van der Waals surface area contributed by atoms with Crippen LogP contribution >= 0.6 is 15.9 Å². The van der Waals surface area contributed by atoms with Crippen molar-refractivity contribution >= 4 is 34.3 Å². The molecule has 0 spiro atoms. The number of esters is 2. The fourth-order valence-electron chi connectivity index (χ4n) is 4.18. The van der Waals surface area contributed by atoms with E-state index in [2.05, 4.69) is 57.6 Å². The number of aromatic amines is 2. The number of phenolic OH excluding ortho intramolecular Hbond substituents is 1. The number of aromatic nitrogens is 4. The molecule has 4 rings (SSSR count). The van der Waals surface area contributed by atoms with Crippen LogP contribution < -0.4 is 113 Å². The van der Waals surface area contributed by atoms with Crippen LogP contribution in [0.3, 0.4) is 0 Å². The van der Waals surface area contributed by atoms with E-state index in [-0.39, 0.29) is 128 Å². The van der Waals surface area contributed by atoms with Crippen LogP contribution in [0.25, 0.3) is 0 Å². The molecule has 3 N–H and O–H groups in total. The van der Waals surface area contributed by atoms with Gasteiger partial charge in [-0.1, -0.05) is 15.9 Å². The van der Waals surface area contributed by atoms with E-state index in [0.29, 0.717) is 6.61 Å². The van der Waals surface area contributed by atoms with Gasteiger partial charge in [0.25, 0.3) is 6.47 Å². The van der Waals surface area contributed by atoms with Crippen molar-refractivity contribution in [2.24, 2.45) is 0 Å². The molecule has 0 aliphatic heterocycles. The molecule has 2 aromatic heterocycles. The first kappa shape index (κ1) is 51.5. The standard InChI is InChI=1S/C16H19FN2O3.C8H13BrN2.C8H7FO3.CH2O3.2K.H/c1-10-13(11(2)19-18-10)5-4-8-22-15-9-12(16(20)21-3)6-7-14(15)17;1-6-8(4-3-5-9)7(2)11-10-6;1-12-8(11)5-2-3-6(9)7(10)4-5;2-1-4-3;;;/h6-7,9H,4-5,8H2,1-3H3,(H,18,19);3-5H2,1-2H3,(H,10,11);2-4,10H,1H3;1,3H;;;/q;;;;2*+1;-1/p-1. The van der Waals surface area contributed by atoms with E-state index in [9.17, 15) is 18.4 Å². The van der Waals surface area contributed by atoms with E-state index in [1.54, 1.807) is 0 Å². The quantitative estimate of drug-likeness (QED) is 0.0327. The first-order chi connectivity index (χ1) is 23.3. The Morgan fingerprint density at radius 3 is 1.71 bits per heavy atom. The Hall–Kier alpha value is -1.56. The minimum Gasteiger partial charge on any atom is -1.00 e. The number of carbonyl (C=O) groups excluding carboxylic acids is 3. The molecular formula is C33H41BrF2K2N4O9. The van der Waals surface area contributed by atoms with Gasteiger partial charge >= 0.3 is 115 Å². The summed E-state index contributed by atoms with van der Waals surface area (Å²) in [5.41, 5.74) is 7.29. The summed E-state index contributed by atoms with van der Waals surface area (Å²) in [6.45, 7) is 8.21. The van der Waals surface area contributed by atoms with Gasteiger partial charge in [-0.05, 0) is 101 Å². The first-order valence-electron chi connectivity index (χ1n) is 14.7. The SMILES string of the molecule is COC(=O)c1ccc(F)c(O)c1.COC(=O)c1ccc(F)c(OCCCc2c(C)n[nH]c2C)c1.Cc1n[nH]c(C)c1CCCBr.O=CO[O-].[H-].[K+].[K+]. The number of alkyl halides is 1. The predicted molar refractivity (Wildman–Crippen MR) is 177 cm³/mol. The van der Waals surface area contributed by atoms with E-state index >= 15 is 0 Å². The van der Waals surface area contributed by atoms with E-state index in [0.717, 1.165) is 59.4 Å². The first-order valence-corrected chi connectivity index (χ1v) is 15.8. The Bertz CT molecular complexity index is 1610. The van der Waals surface area contributed by atoms with Crippen LogP contribution in [0.1, 0.15) is 68.9 Å². The van der Waals surface area contributed by atoms with Gasteiger partial charge in [-0.3, -0.25) is 15.0 Å². The summed E-state index contributed by atoms with van der Waals surface area (Å²) < 4.78 is 40.5. The van der Waals surface area contributed by atoms with Gasteiger partial charge in [0.15, 0.2) is 23.1 Å². The van der Waals surface area contributed by atoms with Crippen LogP contribution in [0, 0.1) is 39.3 Å². The monoisotopic (exact) mass is 832 g/mol. The number of aryl methyl sites for hydroxylation is 4. The number of ether oxygens (including phenoxy) is 3. The summed E-state index contributed by atoms with van der Waals surface area (Å²) in [4.78, 5) is 33.5. The van der Waals surface area contributed by atoms with Gasteiger partial charge in [0.05, 0.1) is 43.3 Å². The number of aromatic hydroxyl groups is 1. The fraction of sp³-hybridized carbons (Fsp3) is 0.364. The number of H-pyrrole nitrogens is 2. The molecule has 4 aromatic rings. The molecule has 0 atom stereocenters. The molecule has 0 bridgehead atoms. The normalized spacial score (nSPS) is 9.45. The minimum absolute atomic E-state index is 0. The third kappa shape index (κ3) is 18.9. The molecule has 0 amide bonds. The number of halogens is 3. The van der Waals surface area contributed by atoms with Crippen molar-refractivity contribution in [2.45, 2.75) is 53.4 Å². The van der Waals surface area contributed by atoms with E-state index in [4.69, 9.17) is 19.9 Å². The predicted octanol–water partition coefficient (Wildman–Crippen LogP) is -0.809. The summed E-state index contributed by atoms with van der Waals surface area (Å²) >= 11 is 3.41. The van der Waals surface area contributed by atoms with E-state index < -0.39 is 29.3 Å². The van der Waals surface area contributed by atoms with Gasteiger partial charge in [-0.2, -0.15) is 10.2 Å². The largest absolute Gasteiger partial charge is 1.00 e. The second-order valence-corrected chi connectivity index (χ2v) is 10.8. The van der Waals surface area contributed by atoms with Crippen LogP contribution in [0.4, 0.5) is 8.78 Å². The van der Waals surface area contributed by atoms with Gasteiger partial charge < -0.3 is 30.9 Å². The number of hydrogen-bond donors (Lipinski definition) is 3. The van der Waals surface area contributed by atoms with Gasteiger partial charge in [-0.15, -0.1) is 0 Å². The Kier molecular flexibility index (Phi) is 29.2. The van der Waals surface area contributed by atoms with E-state index in [1.807, 2.05) is 20.8 Å². The van der Waals surface area contributed by atoms with Crippen molar-refractivity contribution in [2.75, 3.05) is 26.2 Å². The molecule has 270 valence electrons. The zero-order valence-electron chi connectivity index (χ0n) is 31.0. The van der Waals surface area contributed by atoms with Crippen LogP contribution in [-0.4, -0.2) is 70.1 Å². The number of nitrogens with zero attached hydrogens (tertiary/aromatic N) is 2. The molecule has 0 aliphatic rings. The maximum atomic E-state index is 13.7. The number of hydrogen-bond acceptors (Lipinski definition) is 11. The van der Waals surface area contributed by atoms with Gasteiger partial charge in [-0.25, -0.2) is 18.4 Å². The molecule has 13 nitrogen and oxygen atoms in total. The number of benzene rings is 2. The molecule has 18 heteroatoms. The molecule has 0 fully saturated rings. The molecule has 0 radical (unpaired) electrons. The summed E-state index contributed by atoms with van der Waals surface area (Å²) in [5.74, 6) is -2.88. The molecule has 0 aliphatic carbocycles. The third-order valence-electron chi connectivity index (χ3n) is 6.71. The zero-order valence-corrected chi connectivity index (χ0v) is 37.9. The topological polar surface area (TPSA) is 189 Å². The van der Waals surface area contributed by atoms with Gasteiger partial charge in [0, 0.05) is 16.7 Å². The summed E-state index contributed by atoms with van der Waals surface area (Å²) in [6, 6.07) is 7.18. The van der Waals surface area contributed by atoms with Crippen molar-refractivity contribution in [1.29, 1.82) is 0 Å². The van der Waals surface area contributed by atoms with Crippen molar-refractivity contribution in [3.05, 3.63) is 93.1 Å². The van der Waals surface area contributed by atoms with Gasteiger partial charge in [0.1, 0.15) is 0 Å². The zero-order chi connectivity index (χ0) is 36.9. The van der Waals surface area contributed by atoms with Crippen molar-refractivity contribution < 1.29 is 157 Å². The van der Waals surface area contributed by atoms with Crippen molar-refractivity contribution in [3.63, 3.8) is 0 Å². The van der Waals surface area contributed by atoms with Crippen molar-refractivity contribution in [1.82, 2.24) is 20.4 Å². The molecule has 0 saturated carbocycles. The second-order valence-electron chi connectivity index (χ2n) is 10.1. The molecular weight excluding hydrogens is 792 g/mol. The Balaban J connectivity index is -0.000000685. The third-order valence-corrected chi connectivity index (χ3v) is 7.27. The molecule has 0 unspecified atom stereocenters. The van der Waals surface area contributed by atoms with Crippen molar-refractivity contribution in [3.8, 4) is 11.5 Å². The fourth-order valence-corrected chi connectivity index (χ4v) is 4.46. The molecule has 2 heterocycles. The summed E-state index contributed by atoms with van der Waals surface area (Å²) in [7, 11) is 2.49. The Morgan fingerprint density at radius 2 is 1.31 bits per heavy atom. The maximum Gasteiger partial charge on any atom is 1.00 e. The Labute approximate surface area is 390 Å². The molecule has 2 aromatic carbocycles. The number of methoxy groups -OCH3 is 2. The Morgan fingerprint density at radius 1 is 0.863 bits per heavy atom. The summed E-state index contributed by atoms with van der Waals surface area (Å²) in [5, 5.41) is 32.5. The van der Waals surface area contributed by atoms with Crippen LogP contribution in [0.2, 0.25) is 0 Å². The van der Waals surface area contributed by atoms with Gasteiger partial charge in [0.2, 0.25) is 0 Å². The smallest absolute Gasteiger partial charge is 1.00 e. The average Bonchev–Trinajstić information content (AvgIpc) is 3.61. The van der Waals surface area contributed by atoms with E-state index in [1.165, 1.54) is 56.2 Å². The second kappa shape index (κ2) is 28.9. The number of rotatable bonds is 11. The molecule has 51 heavy (non-hydrogen) atoms.